The molecule has 0 radical (unpaired) electrons. The van der Waals surface area contributed by atoms with Crippen molar-refractivity contribution >= 4 is 5.78 Å². The quantitative estimate of drug-likeness (QED) is 0.864. The molecule has 0 amide bonds. The van der Waals surface area contributed by atoms with Crippen LogP contribution in [-0.2, 0) is 6.54 Å². The number of carbonyl (C=O) groups is 1. The van der Waals surface area contributed by atoms with E-state index >= 15 is 0 Å². The van der Waals surface area contributed by atoms with Crippen LogP contribution in [0, 0.1) is 18.6 Å². The van der Waals surface area contributed by atoms with Gasteiger partial charge < -0.3 is 5.73 Å². The largest absolute Gasteiger partial charge is 0.325 e. The van der Waals surface area contributed by atoms with Gasteiger partial charge in [0, 0.05) is 18.3 Å². The molecule has 1 heterocycles. The van der Waals surface area contributed by atoms with Crippen LogP contribution in [0.3, 0.4) is 0 Å². The molecule has 0 fully saturated rings. The van der Waals surface area contributed by atoms with Crippen molar-refractivity contribution in [1.29, 1.82) is 0 Å². The van der Waals surface area contributed by atoms with Gasteiger partial charge in [-0.15, -0.1) is 0 Å². The van der Waals surface area contributed by atoms with Gasteiger partial charge in [-0.25, -0.2) is 8.78 Å². The monoisotopic (exact) mass is 262 g/mol. The highest BCUT2D eigenvalue weighted by Crippen LogP contribution is 2.20. The summed E-state index contributed by atoms with van der Waals surface area (Å²) in [6, 6.07) is 5.21. The van der Waals surface area contributed by atoms with Gasteiger partial charge in [-0.1, -0.05) is 6.07 Å². The Morgan fingerprint density at radius 3 is 2.74 bits per heavy atom. The summed E-state index contributed by atoms with van der Waals surface area (Å²) in [7, 11) is 0. The van der Waals surface area contributed by atoms with Crippen molar-refractivity contribution in [2.75, 3.05) is 0 Å². The lowest BCUT2D eigenvalue weighted by molar-refractivity contribution is 0.103. The summed E-state index contributed by atoms with van der Waals surface area (Å²) in [5, 5.41) is 0. The van der Waals surface area contributed by atoms with Gasteiger partial charge in [0.25, 0.3) is 0 Å². The second-order valence-electron chi connectivity index (χ2n) is 4.12. The first kappa shape index (κ1) is 13.3. The molecule has 3 nitrogen and oxygen atoms in total. The summed E-state index contributed by atoms with van der Waals surface area (Å²) in [6.45, 7) is 1.63. The Labute approximate surface area is 109 Å². The predicted molar refractivity (Wildman–Crippen MR) is 66.7 cm³/mol. The van der Waals surface area contributed by atoms with Crippen LogP contribution in [0.4, 0.5) is 8.78 Å². The highest BCUT2D eigenvalue weighted by atomic mass is 19.1. The fourth-order valence-electron chi connectivity index (χ4n) is 1.74. The van der Waals surface area contributed by atoms with E-state index in [1.807, 2.05) is 0 Å². The number of ketones is 1. The minimum Gasteiger partial charge on any atom is -0.325 e. The van der Waals surface area contributed by atoms with Crippen LogP contribution in [0.5, 0.6) is 0 Å². The van der Waals surface area contributed by atoms with E-state index in [0.29, 0.717) is 5.69 Å². The average Bonchev–Trinajstić information content (AvgIpc) is 2.43. The molecule has 0 saturated carbocycles. The van der Waals surface area contributed by atoms with E-state index in [-0.39, 0.29) is 17.7 Å². The van der Waals surface area contributed by atoms with Crippen molar-refractivity contribution in [3.8, 4) is 0 Å². The molecule has 0 aliphatic carbocycles. The summed E-state index contributed by atoms with van der Waals surface area (Å²) in [5.41, 5.74) is 5.74. The van der Waals surface area contributed by atoms with Crippen LogP contribution in [0.2, 0.25) is 0 Å². The fraction of sp³-hybridized carbons (Fsp3) is 0.143. The smallest absolute Gasteiger partial charge is 0.199 e. The molecule has 0 atom stereocenters. The Balaban J connectivity index is 2.53. The lowest BCUT2D eigenvalue weighted by atomic mass is 10.0. The zero-order chi connectivity index (χ0) is 14.0. The van der Waals surface area contributed by atoms with E-state index in [1.54, 1.807) is 0 Å². The molecule has 98 valence electrons. The first-order valence-corrected chi connectivity index (χ1v) is 5.69. The standard InChI is InChI=1S/C14H12F2N2O/c1-8-2-3-11(15)12(13(8)16)14(19)9-4-5-18-10(6-9)7-17/h2-6H,7,17H2,1H3. The Morgan fingerprint density at radius 2 is 2.05 bits per heavy atom. The van der Waals surface area contributed by atoms with E-state index in [1.165, 1.54) is 31.3 Å². The van der Waals surface area contributed by atoms with Crippen LogP contribution in [0.15, 0.2) is 30.5 Å². The van der Waals surface area contributed by atoms with Gasteiger partial charge in [0.2, 0.25) is 0 Å². The van der Waals surface area contributed by atoms with Gasteiger partial charge >= 0.3 is 0 Å². The minimum atomic E-state index is -0.876. The predicted octanol–water partition coefficient (Wildman–Crippen LogP) is 2.36. The molecule has 0 saturated heterocycles. The number of benzene rings is 1. The van der Waals surface area contributed by atoms with E-state index < -0.39 is 23.0 Å². The molecule has 0 aliphatic rings. The maximum Gasteiger partial charge on any atom is 0.199 e. The summed E-state index contributed by atoms with van der Waals surface area (Å²) in [5.74, 6) is -2.42. The zero-order valence-electron chi connectivity index (χ0n) is 10.3. The molecule has 2 rings (SSSR count). The van der Waals surface area contributed by atoms with E-state index in [9.17, 15) is 13.6 Å². The number of aromatic nitrogens is 1. The van der Waals surface area contributed by atoms with Crippen molar-refractivity contribution in [2.24, 2.45) is 5.73 Å². The molecular formula is C14H12F2N2O. The second kappa shape index (κ2) is 5.24. The van der Waals surface area contributed by atoms with E-state index in [0.717, 1.165) is 6.07 Å². The van der Waals surface area contributed by atoms with Gasteiger partial charge in [-0.05, 0) is 30.7 Å². The number of hydrogen-bond acceptors (Lipinski definition) is 3. The molecule has 5 heteroatoms. The van der Waals surface area contributed by atoms with Gasteiger partial charge in [0.15, 0.2) is 5.78 Å². The number of hydrogen-bond donors (Lipinski definition) is 1. The van der Waals surface area contributed by atoms with Crippen LogP contribution in [-0.4, -0.2) is 10.8 Å². The zero-order valence-corrected chi connectivity index (χ0v) is 10.3. The molecular weight excluding hydrogens is 250 g/mol. The number of rotatable bonds is 3. The van der Waals surface area contributed by atoms with E-state index in [4.69, 9.17) is 5.73 Å². The number of halogens is 2. The average molecular weight is 262 g/mol. The topological polar surface area (TPSA) is 56.0 Å². The van der Waals surface area contributed by atoms with Gasteiger partial charge in [0.1, 0.15) is 11.6 Å². The minimum absolute atomic E-state index is 0.153. The summed E-state index contributed by atoms with van der Waals surface area (Å²) in [6.07, 6.45) is 1.39. The van der Waals surface area contributed by atoms with Crippen LogP contribution in [0.1, 0.15) is 27.2 Å². The van der Waals surface area contributed by atoms with E-state index in [2.05, 4.69) is 4.98 Å². The van der Waals surface area contributed by atoms with Gasteiger partial charge in [-0.3, -0.25) is 9.78 Å². The van der Waals surface area contributed by atoms with Crippen LogP contribution < -0.4 is 5.73 Å². The molecule has 0 unspecified atom stereocenters. The normalized spacial score (nSPS) is 10.5. The fourth-order valence-corrected chi connectivity index (χ4v) is 1.74. The summed E-state index contributed by atoms with van der Waals surface area (Å²) < 4.78 is 27.5. The third-order valence-electron chi connectivity index (χ3n) is 2.80. The summed E-state index contributed by atoms with van der Waals surface area (Å²) in [4.78, 5) is 16.1. The van der Waals surface area contributed by atoms with Gasteiger partial charge in [0.05, 0.1) is 11.3 Å². The van der Waals surface area contributed by atoms with Crippen molar-refractivity contribution in [3.05, 3.63) is 64.5 Å². The molecule has 2 aromatic rings. The molecule has 2 N–H and O–H groups in total. The third-order valence-corrected chi connectivity index (χ3v) is 2.80. The SMILES string of the molecule is Cc1ccc(F)c(C(=O)c2ccnc(CN)c2)c1F. The highest BCUT2D eigenvalue weighted by Gasteiger charge is 2.20. The Morgan fingerprint density at radius 1 is 1.32 bits per heavy atom. The van der Waals surface area contributed by atoms with Crippen LogP contribution >= 0.6 is 0 Å². The Bertz CT molecular complexity index is 641. The van der Waals surface area contributed by atoms with Gasteiger partial charge in [-0.2, -0.15) is 0 Å². The van der Waals surface area contributed by atoms with Crippen molar-refractivity contribution in [2.45, 2.75) is 13.5 Å². The molecule has 19 heavy (non-hydrogen) atoms. The lowest BCUT2D eigenvalue weighted by Gasteiger charge is -2.07. The third kappa shape index (κ3) is 2.51. The molecule has 0 aliphatic heterocycles. The van der Waals surface area contributed by atoms with Crippen LogP contribution in [0.25, 0.3) is 0 Å². The number of aryl methyl sites for hydroxylation is 1. The van der Waals surface area contributed by atoms with Crippen molar-refractivity contribution < 1.29 is 13.6 Å². The first-order valence-electron chi connectivity index (χ1n) is 5.69. The summed E-state index contributed by atoms with van der Waals surface area (Å²) >= 11 is 0. The number of nitrogens with zero attached hydrogens (tertiary/aromatic N) is 1. The second-order valence-corrected chi connectivity index (χ2v) is 4.12. The first-order chi connectivity index (χ1) is 9.04. The van der Waals surface area contributed by atoms with Crippen molar-refractivity contribution in [3.63, 3.8) is 0 Å². The molecule has 1 aromatic heterocycles. The lowest BCUT2D eigenvalue weighted by Crippen LogP contribution is -2.10. The molecule has 0 bridgehead atoms. The van der Waals surface area contributed by atoms with Crippen molar-refractivity contribution in [1.82, 2.24) is 4.98 Å². The highest BCUT2D eigenvalue weighted by molar-refractivity contribution is 6.09. The molecule has 1 aromatic carbocycles. The number of pyridine rings is 1. The Hall–Kier alpha value is -2.14. The maximum absolute atomic E-state index is 13.9. The molecule has 0 spiro atoms. The number of nitrogens with two attached hydrogens (primary N) is 1. The Kier molecular flexibility index (Phi) is 3.66. The maximum atomic E-state index is 13.9. The number of carbonyl (C=O) groups excluding carboxylic acids is 1.